The van der Waals surface area contributed by atoms with Gasteiger partial charge in [-0.05, 0) is 32.1 Å². The maximum Gasteiger partial charge on any atom is 0.195 e. The van der Waals surface area contributed by atoms with Gasteiger partial charge >= 0.3 is 0 Å². The van der Waals surface area contributed by atoms with Gasteiger partial charge in [0.15, 0.2) is 12.1 Å². The molecule has 2 saturated heterocycles. The molecule has 0 aromatic rings. The normalized spacial score (nSPS) is 36.3. The molecule has 242 valence electrons. The first kappa shape index (κ1) is 36.5. The minimum atomic E-state index is -2.11. The molecule has 2 aliphatic rings. The highest BCUT2D eigenvalue weighted by Crippen LogP contribution is 2.35. The standard InChI is InChI=1S/C30H56O11/c1-2-3-4-5-6-7-8-9-10-11-12-13-14-15-16-17-18-30(38)28(37)26(36)27(22(20-32)41-30)40-29-25(35)24(34)23(33)21(19-31)39-29/h9-10,21-29,31-38H,2-8,11-20H2,1H3/b10-9-/t21-,22-,23+,24+,25-,26+,27-,28-,29+,30?/m1/s1. The first-order valence-electron chi connectivity index (χ1n) is 15.7. The molecule has 11 heteroatoms. The Balaban J connectivity index is 1.67. The van der Waals surface area contributed by atoms with E-state index in [9.17, 15) is 40.9 Å². The van der Waals surface area contributed by atoms with Gasteiger partial charge in [-0.2, -0.15) is 0 Å². The third kappa shape index (κ3) is 11.4. The first-order chi connectivity index (χ1) is 19.7. The quantitative estimate of drug-likeness (QED) is 0.0753. The second-order valence-corrected chi connectivity index (χ2v) is 11.6. The molecule has 41 heavy (non-hydrogen) atoms. The van der Waals surface area contributed by atoms with Crippen LogP contribution in [0.1, 0.15) is 103 Å². The predicted octanol–water partition coefficient (Wildman–Crippen LogP) is 1.40. The third-order valence-electron chi connectivity index (χ3n) is 8.21. The van der Waals surface area contributed by atoms with E-state index < -0.39 is 74.1 Å². The van der Waals surface area contributed by atoms with Gasteiger partial charge in [0.1, 0.15) is 48.8 Å². The van der Waals surface area contributed by atoms with Gasteiger partial charge in [-0.25, -0.2) is 0 Å². The van der Waals surface area contributed by atoms with E-state index in [1.807, 2.05) is 0 Å². The number of hydrogen-bond donors (Lipinski definition) is 8. The maximum atomic E-state index is 11.0. The number of rotatable bonds is 20. The SMILES string of the molecule is CCCCCCCC/C=C\CCCCCCCCC1(O)O[C@H](CO)[C@@H](O[C@@H]2O[C@H](CO)[C@H](O)[C@H](O)[C@H]2O)[C@H](O)[C@H]1O. The van der Waals surface area contributed by atoms with Crippen molar-refractivity contribution in [2.75, 3.05) is 13.2 Å². The molecule has 0 bridgehead atoms. The molecule has 10 atom stereocenters. The third-order valence-corrected chi connectivity index (χ3v) is 8.21. The van der Waals surface area contributed by atoms with Crippen LogP contribution in [0.3, 0.4) is 0 Å². The molecule has 0 aliphatic carbocycles. The molecule has 1 unspecified atom stereocenters. The summed E-state index contributed by atoms with van der Waals surface area (Å²) in [6, 6.07) is 0. The van der Waals surface area contributed by atoms with E-state index in [1.165, 1.54) is 38.5 Å². The van der Waals surface area contributed by atoms with Crippen LogP contribution in [0.25, 0.3) is 0 Å². The van der Waals surface area contributed by atoms with Crippen molar-refractivity contribution in [2.45, 2.75) is 164 Å². The van der Waals surface area contributed by atoms with E-state index in [0.29, 0.717) is 6.42 Å². The van der Waals surface area contributed by atoms with E-state index >= 15 is 0 Å². The van der Waals surface area contributed by atoms with Crippen LogP contribution >= 0.6 is 0 Å². The van der Waals surface area contributed by atoms with E-state index in [-0.39, 0.29) is 6.42 Å². The molecule has 8 N–H and O–H groups in total. The molecule has 0 saturated carbocycles. The average Bonchev–Trinajstić information content (AvgIpc) is 2.97. The summed E-state index contributed by atoms with van der Waals surface area (Å²) in [6.45, 7) is 0.885. The highest BCUT2D eigenvalue weighted by atomic mass is 16.7. The fourth-order valence-electron chi connectivity index (χ4n) is 5.54. The number of unbranched alkanes of at least 4 members (excludes halogenated alkanes) is 12. The summed E-state index contributed by atoms with van der Waals surface area (Å²) in [4.78, 5) is 0. The molecular weight excluding hydrogens is 536 g/mol. The zero-order valence-electron chi connectivity index (χ0n) is 24.7. The molecule has 11 nitrogen and oxygen atoms in total. The molecule has 0 spiro atoms. The fraction of sp³-hybridized carbons (Fsp3) is 0.933. The van der Waals surface area contributed by atoms with Crippen molar-refractivity contribution in [3.05, 3.63) is 12.2 Å². The van der Waals surface area contributed by atoms with Crippen LogP contribution in [0.4, 0.5) is 0 Å². The molecule has 2 rings (SSSR count). The van der Waals surface area contributed by atoms with Crippen molar-refractivity contribution in [2.24, 2.45) is 0 Å². The lowest BCUT2D eigenvalue weighted by Gasteiger charge is -2.49. The zero-order chi connectivity index (χ0) is 30.3. The van der Waals surface area contributed by atoms with Gasteiger partial charge in [-0.15, -0.1) is 0 Å². The Morgan fingerprint density at radius 1 is 0.659 bits per heavy atom. The lowest BCUT2D eigenvalue weighted by Crippen LogP contribution is -2.68. The topological polar surface area (TPSA) is 190 Å². The van der Waals surface area contributed by atoms with Crippen molar-refractivity contribution < 1.29 is 55.1 Å². The number of aliphatic hydroxyl groups excluding tert-OH is 7. The molecule has 0 radical (unpaired) electrons. The lowest BCUT2D eigenvalue weighted by molar-refractivity contribution is -0.384. The monoisotopic (exact) mass is 592 g/mol. The molecule has 2 fully saturated rings. The van der Waals surface area contributed by atoms with E-state index in [1.54, 1.807) is 0 Å². The van der Waals surface area contributed by atoms with E-state index in [2.05, 4.69) is 19.1 Å². The average molecular weight is 593 g/mol. The van der Waals surface area contributed by atoms with Crippen LogP contribution in [-0.4, -0.2) is 115 Å². The number of hydrogen-bond acceptors (Lipinski definition) is 11. The van der Waals surface area contributed by atoms with Gasteiger partial charge in [0.2, 0.25) is 0 Å². The smallest absolute Gasteiger partial charge is 0.195 e. The first-order valence-corrected chi connectivity index (χ1v) is 15.7. The van der Waals surface area contributed by atoms with Crippen molar-refractivity contribution in [1.82, 2.24) is 0 Å². The lowest BCUT2D eigenvalue weighted by atomic mass is 9.89. The van der Waals surface area contributed by atoms with Crippen LogP contribution in [-0.2, 0) is 14.2 Å². The summed E-state index contributed by atoms with van der Waals surface area (Å²) in [5, 5.41) is 81.7. The molecule has 2 aliphatic heterocycles. The van der Waals surface area contributed by atoms with E-state index in [0.717, 1.165) is 44.9 Å². The summed E-state index contributed by atoms with van der Waals surface area (Å²) in [7, 11) is 0. The highest BCUT2D eigenvalue weighted by Gasteiger charge is 2.55. The Hall–Kier alpha value is -0.700. The highest BCUT2D eigenvalue weighted by molar-refractivity contribution is 4.98. The molecule has 0 aromatic heterocycles. The summed E-state index contributed by atoms with van der Waals surface area (Å²) < 4.78 is 16.4. The Morgan fingerprint density at radius 2 is 1.20 bits per heavy atom. The van der Waals surface area contributed by atoms with Crippen LogP contribution < -0.4 is 0 Å². The van der Waals surface area contributed by atoms with Gasteiger partial charge in [-0.1, -0.05) is 76.9 Å². The summed E-state index contributed by atoms with van der Waals surface area (Å²) >= 11 is 0. The van der Waals surface area contributed by atoms with Crippen LogP contribution in [0, 0.1) is 0 Å². The minimum Gasteiger partial charge on any atom is -0.394 e. The number of allylic oxidation sites excluding steroid dienone is 2. The summed E-state index contributed by atoms with van der Waals surface area (Å²) in [5.41, 5.74) is 0. The van der Waals surface area contributed by atoms with Crippen molar-refractivity contribution in [3.63, 3.8) is 0 Å². The van der Waals surface area contributed by atoms with Gasteiger partial charge < -0.3 is 55.1 Å². The van der Waals surface area contributed by atoms with Gasteiger partial charge in [0, 0.05) is 6.42 Å². The molecular formula is C30H56O11. The van der Waals surface area contributed by atoms with Crippen molar-refractivity contribution in [1.29, 1.82) is 0 Å². The Bertz CT molecular complexity index is 706. The summed E-state index contributed by atoms with van der Waals surface area (Å²) in [5.74, 6) is -2.11. The van der Waals surface area contributed by atoms with Crippen LogP contribution in [0.5, 0.6) is 0 Å². The van der Waals surface area contributed by atoms with Crippen molar-refractivity contribution in [3.8, 4) is 0 Å². The van der Waals surface area contributed by atoms with Crippen LogP contribution in [0.15, 0.2) is 12.2 Å². The number of ether oxygens (including phenoxy) is 3. The zero-order valence-corrected chi connectivity index (χ0v) is 24.7. The van der Waals surface area contributed by atoms with Gasteiger partial charge in [-0.3, -0.25) is 0 Å². The molecule has 0 amide bonds. The Kier molecular flexibility index (Phi) is 17.4. The Labute approximate surface area is 244 Å². The largest absolute Gasteiger partial charge is 0.394 e. The molecule has 0 aromatic carbocycles. The Morgan fingerprint density at radius 3 is 1.76 bits per heavy atom. The van der Waals surface area contributed by atoms with Gasteiger partial charge in [0.25, 0.3) is 0 Å². The second-order valence-electron chi connectivity index (χ2n) is 11.6. The molecule has 2 heterocycles. The van der Waals surface area contributed by atoms with Gasteiger partial charge in [0.05, 0.1) is 13.2 Å². The fourth-order valence-corrected chi connectivity index (χ4v) is 5.54. The predicted molar refractivity (Wildman–Crippen MR) is 152 cm³/mol. The maximum absolute atomic E-state index is 11.0. The number of aliphatic hydroxyl groups is 8. The van der Waals surface area contributed by atoms with Crippen molar-refractivity contribution >= 4 is 0 Å². The minimum absolute atomic E-state index is 0.0374. The second kappa shape index (κ2) is 19.6. The summed E-state index contributed by atoms with van der Waals surface area (Å²) in [6.07, 6.45) is 6.31. The van der Waals surface area contributed by atoms with Crippen LogP contribution in [0.2, 0.25) is 0 Å². The van der Waals surface area contributed by atoms with E-state index in [4.69, 9.17) is 14.2 Å².